The largest absolute Gasteiger partial charge is 0.458 e. The first-order chi connectivity index (χ1) is 15.1. The molecule has 4 N–H and O–H groups in total. The van der Waals surface area contributed by atoms with Gasteiger partial charge in [0.1, 0.15) is 6.07 Å². The number of nitrogens with zero attached hydrogens (tertiary/aromatic N) is 2. The predicted octanol–water partition coefficient (Wildman–Crippen LogP) is 3.35. The second kappa shape index (κ2) is 7.40. The number of hydrogen-bond donors (Lipinski definition) is 3. The Morgan fingerprint density at radius 1 is 1.03 bits per heavy atom. The molecular formula is C23H19N5O3. The number of allylic oxidation sites excluding steroid dienone is 1. The normalized spacial score (nSPS) is 25.0. The topological polar surface area (TPSA) is 126 Å². The standard InChI is InChI=1S/C23H19N5O3/c24-12-17-19(16-7-3-4-8-18(16)28(29)30)20-21(26-27-23(20)31-22(17)25)15-10-9-13-5-1-2-6-14(13)11-15/h1-11,19-21,23,26-27H,25H2. The summed E-state index contributed by atoms with van der Waals surface area (Å²) in [5.41, 5.74) is 14.0. The third kappa shape index (κ3) is 3.08. The van der Waals surface area contributed by atoms with E-state index in [-0.39, 0.29) is 29.1 Å². The third-order valence-electron chi connectivity index (χ3n) is 6.05. The van der Waals surface area contributed by atoms with E-state index in [0.29, 0.717) is 5.56 Å². The van der Waals surface area contributed by atoms with Gasteiger partial charge in [-0.05, 0) is 22.4 Å². The Morgan fingerprint density at radius 2 is 1.77 bits per heavy atom. The molecule has 2 aliphatic rings. The average molecular weight is 413 g/mol. The van der Waals surface area contributed by atoms with Crippen molar-refractivity contribution in [3.8, 4) is 6.07 Å². The lowest BCUT2D eigenvalue weighted by Crippen LogP contribution is -2.41. The number of para-hydroxylation sites is 1. The minimum atomic E-state index is -0.607. The summed E-state index contributed by atoms with van der Waals surface area (Å²) in [7, 11) is 0. The van der Waals surface area contributed by atoms with Gasteiger partial charge in [-0.15, -0.1) is 0 Å². The van der Waals surface area contributed by atoms with E-state index in [2.05, 4.69) is 23.0 Å². The first kappa shape index (κ1) is 19.1. The van der Waals surface area contributed by atoms with Gasteiger partial charge in [0.15, 0.2) is 6.23 Å². The van der Waals surface area contributed by atoms with E-state index in [4.69, 9.17) is 10.5 Å². The van der Waals surface area contributed by atoms with Gasteiger partial charge in [-0.2, -0.15) is 5.26 Å². The number of fused-ring (bicyclic) bond motifs is 2. The minimum absolute atomic E-state index is 0.0136. The van der Waals surface area contributed by atoms with Crippen molar-refractivity contribution in [3.63, 3.8) is 0 Å². The van der Waals surface area contributed by atoms with E-state index < -0.39 is 17.1 Å². The lowest BCUT2D eigenvalue weighted by molar-refractivity contribution is -0.385. The summed E-state index contributed by atoms with van der Waals surface area (Å²) >= 11 is 0. The van der Waals surface area contributed by atoms with Crippen LogP contribution in [0.4, 0.5) is 5.69 Å². The lowest BCUT2D eigenvalue weighted by Gasteiger charge is -2.35. The van der Waals surface area contributed by atoms with E-state index in [1.807, 2.05) is 36.4 Å². The minimum Gasteiger partial charge on any atom is -0.458 e. The van der Waals surface area contributed by atoms with E-state index >= 15 is 0 Å². The molecule has 2 heterocycles. The fourth-order valence-electron chi connectivity index (χ4n) is 4.67. The molecule has 3 aromatic carbocycles. The van der Waals surface area contributed by atoms with Crippen molar-refractivity contribution in [2.75, 3.05) is 0 Å². The number of nitrogens with two attached hydrogens (primary N) is 1. The summed E-state index contributed by atoms with van der Waals surface area (Å²) in [6.07, 6.45) is -0.543. The fraction of sp³-hybridized carbons (Fsp3) is 0.174. The van der Waals surface area contributed by atoms with Crippen molar-refractivity contribution in [1.82, 2.24) is 10.9 Å². The van der Waals surface area contributed by atoms with Crippen LogP contribution in [-0.4, -0.2) is 11.2 Å². The van der Waals surface area contributed by atoms with Gasteiger partial charge in [0, 0.05) is 23.5 Å². The summed E-state index contributed by atoms with van der Waals surface area (Å²) in [4.78, 5) is 11.3. The highest BCUT2D eigenvalue weighted by Gasteiger charge is 2.50. The number of hydrogen-bond acceptors (Lipinski definition) is 7. The quantitative estimate of drug-likeness (QED) is 0.444. The van der Waals surface area contributed by atoms with Crippen LogP contribution in [0.5, 0.6) is 0 Å². The van der Waals surface area contributed by atoms with Gasteiger partial charge in [-0.1, -0.05) is 54.6 Å². The zero-order chi connectivity index (χ0) is 21.5. The Balaban J connectivity index is 1.66. The Morgan fingerprint density at radius 3 is 2.55 bits per heavy atom. The van der Waals surface area contributed by atoms with Gasteiger partial charge in [-0.25, -0.2) is 10.9 Å². The van der Waals surface area contributed by atoms with Crippen molar-refractivity contribution in [2.45, 2.75) is 18.2 Å². The van der Waals surface area contributed by atoms with Crippen LogP contribution < -0.4 is 16.6 Å². The molecule has 0 radical (unpaired) electrons. The molecule has 1 fully saturated rings. The zero-order valence-electron chi connectivity index (χ0n) is 16.4. The summed E-state index contributed by atoms with van der Waals surface area (Å²) in [5.74, 6) is -0.950. The number of nitro groups is 1. The van der Waals surface area contributed by atoms with Crippen LogP contribution in [0.25, 0.3) is 10.8 Å². The summed E-state index contributed by atoms with van der Waals surface area (Å²) in [6, 6.07) is 22.6. The molecule has 3 aromatic rings. The second-order valence-electron chi connectivity index (χ2n) is 7.67. The lowest BCUT2D eigenvalue weighted by atomic mass is 9.73. The predicted molar refractivity (Wildman–Crippen MR) is 114 cm³/mol. The number of nitriles is 1. The van der Waals surface area contributed by atoms with Gasteiger partial charge in [-0.3, -0.25) is 10.1 Å². The number of rotatable bonds is 3. The maximum atomic E-state index is 11.7. The molecule has 8 heteroatoms. The second-order valence-corrected chi connectivity index (χ2v) is 7.67. The fourth-order valence-corrected chi connectivity index (χ4v) is 4.67. The molecule has 0 aromatic heterocycles. The number of hydrazine groups is 1. The molecule has 0 amide bonds. The summed E-state index contributed by atoms with van der Waals surface area (Å²) < 4.78 is 5.80. The average Bonchev–Trinajstić information content (AvgIpc) is 3.21. The van der Waals surface area contributed by atoms with Crippen molar-refractivity contribution >= 4 is 16.5 Å². The van der Waals surface area contributed by atoms with Crippen LogP contribution in [0.2, 0.25) is 0 Å². The Kier molecular flexibility index (Phi) is 4.55. The van der Waals surface area contributed by atoms with Crippen LogP contribution in [-0.2, 0) is 4.74 Å². The molecule has 1 saturated heterocycles. The van der Waals surface area contributed by atoms with Gasteiger partial charge < -0.3 is 10.5 Å². The Bertz CT molecular complexity index is 1270. The highest BCUT2D eigenvalue weighted by Crippen LogP contribution is 2.49. The van der Waals surface area contributed by atoms with Gasteiger partial charge >= 0.3 is 0 Å². The monoisotopic (exact) mass is 413 g/mol. The molecule has 0 bridgehead atoms. The molecule has 154 valence electrons. The van der Waals surface area contributed by atoms with Crippen LogP contribution in [0.3, 0.4) is 0 Å². The zero-order valence-corrected chi connectivity index (χ0v) is 16.4. The molecule has 31 heavy (non-hydrogen) atoms. The number of ether oxygens (including phenoxy) is 1. The Hall–Kier alpha value is -3.93. The van der Waals surface area contributed by atoms with E-state index in [1.54, 1.807) is 18.2 Å². The maximum Gasteiger partial charge on any atom is 0.273 e. The highest BCUT2D eigenvalue weighted by atomic mass is 16.6. The molecule has 8 nitrogen and oxygen atoms in total. The van der Waals surface area contributed by atoms with Gasteiger partial charge in [0.2, 0.25) is 5.88 Å². The van der Waals surface area contributed by atoms with Crippen molar-refractivity contribution in [3.05, 3.63) is 99.4 Å². The van der Waals surface area contributed by atoms with Crippen LogP contribution >= 0.6 is 0 Å². The van der Waals surface area contributed by atoms with Gasteiger partial charge in [0.05, 0.1) is 16.5 Å². The molecular weight excluding hydrogens is 394 g/mol. The summed E-state index contributed by atoms with van der Waals surface area (Å²) in [5, 5.41) is 23.8. The van der Waals surface area contributed by atoms with Crippen molar-refractivity contribution in [2.24, 2.45) is 11.7 Å². The van der Waals surface area contributed by atoms with Crippen LogP contribution in [0.1, 0.15) is 23.1 Å². The van der Waals surface area contributed by atoms with Crippen molar-refractivity contribution < 1.29 is 9.66 Å². The Labute approximate surface area is 178 Å². The smallest absolute Gasteiger partial charge is 0.273 e. The van der Waals surface area contributed by atoms with Crippen LogP contribution in [0.15, 0.2) is 78.2 Å². The molecule has 2 aliphatic heterocycles. The van der Waals surface area contributed by atoms with Crippen molar-refractivity contribution in [1.29, 1.82) is 5.26 Å². The SMILES string of the molecule is N#CC1=C(N)OC2NNC(c3ccc4ccccc4c3)C2C1c1ccccc1[N+](=O)[O-]. The molecule has 0 saturated carbocycles. The van der Waals surface area contributed by atoms with Gasteiger partial charge in [0.25, 0.3) is 5.69 Å². The highest BCUT2D eigenvalue weighted by molar-refractivity contribution is 5.83. The summed E-state index contributed by atoms with van der Waals surface area (Å²) in [6.45, 7) is 0. The first-order valence-corrected chi connectivity index (χ1v) is 9.88. The van der Waals surface area contributed by atoms with E-state index in [1.165, 1.54) is 6.07 Å². The molecule has 4 atom stereocenters. The molecule has 0 aliphatic carbocycles. The molecule has 0 spiro atoms. The molecule has 4 unspecified atom stereocenters. The first-order valence-electron chi connectivity index (χ1n) is 9.88. The number of nitro benzene ring substituents is 1. The van der Waals surface area contributed by atoms with E-state index in [0.717, 1.165) is 16.3 Å². The van der Waals surface area contributed by atoms with Crippen LogP contribution in [0, 0.1) is 27.4 Å². The number of nitrogens with one attached hydrogen (secondary N) is 2. The molecule has 5 rings (SSSR count). The number of benzene rings is 3. The van der Waals surface area contributed by atoms with E-state index in [9.17, 15) is 15.4 Å². The third-order valence-corrected chi connectivity index (χ3v) is 6.05. The maximum absolute atomic E-state index is 11.7.